The Morgan fingerprint density at radius 3 is 2.73 bits per heavy atom. The number of nitrogens with zero attached hydrogens (tertiary/aromatic N) is 3. The molecule has 3 rings (SSSR count). The van der Waals surface area contributed by atoms with Gasteiger partial charge in [0, 0.05) is 31.4 Å². The first-order valence-corrected chi connectivity index (χ1v) is 8.89. The Morgan fingerprint density at radius 2 is 2.08 bits per heavy atom. The fourth-order valence-corrected chi connectivity index (χ4v) is 3.47. The quantitative estimate of drug-likeness (QED) is 0.812. The number of benzene rings is 1. The SMILES string of the molecule is CCn1cc(CN2CCO[C@H](CO)[C@H]2c2ccc(OC)c(OC)c2)cn1. The molecule has 0 spiro atoms. The van der Waals surface area contributed by atoms with Crippen LogP contribution in [0.2, 0.25) is 0 Å². The van der Waals surface area contributed by atoms with E-state index in [4.69, 9.17) is 14.2 Å². The topological polar surface area (TPSA) is 69.0 Å². The van der Waals surface area contributed by atoms with Crippen LogP contribution in [0.15, 0.2) is 30.6 Å². The van der Waals surface area contributed by atoms with Crippen LogP contribution >= 0.6 is 0 Å². The molecule has 1 N–H and O–H groups in total. The molecule has 1 aliphatic rings. The summed E-state index contributed by atoms with van der Waals surface area (Å²) in [5.41, 5.74) is 2.18. The number of rotatable bonds is 7. The van der Waals surface area contributed by atoms with Crippen molar-refractivity contribution in [1.29, 1.82) is 0 Å². The second kappa shape index (κ2) is 8.53. The van der Waals surface area contributed by atoms with Crippen LogP contribution in [0, 0.1) is 0 Å². The Morgan fingerprint density at radius 1 is 1.27 bits per heavy atom. The standard InChI is InChI=1S/C19H27N3O4/c1-4-22-12-14(10-20-22)11-21-7-8-26-18(13-23)19(21)15-5-6-16(24-2)17(9-15)25-3/h5-6,9-10,12,18-19,23H,4,7-8,11,13H2,1-3H3/t18-,19-/m1/s1. The van der Waals surface area contributed by atoms with Gasteiger partial charge in [-0.1, -0.05) is 6.07 Å². The molecule has 0 saturated carbocycles. The highest BCUT2D eigenvalue weighted by atomic mass is 16.5. The van der Waals surface area contributed by atoms with Gasteiger partial charge in [0.05, 0.1) is 39.7 Å². The van der Waals surface area contributed by atoms with Gasteiger partial charge in [0.25, 0.3) is 0 Å². The zero-order valence-corrected chi connectivity index (χ0v) is 15.6. The third-order valence-corrected chi connectivity index (χ3v) is 4.78. The van der Waals surface area contributed by atoms with Crippen molar-refractivity contribution in [2.24, 2.45) is 0 Å². The molecule has 0 bridgehead atoms. The lowest BCUT2D eigenvalue weighted by Crippen LogP contribution is -2.46. The fraction of sp³-hybridized carbons (Fsp3) is 0.526. The second-order valence-electron chi connectivity index (χ2n) is 6.33. The summed E-state index contributed by atoms with van der Waals surface area (Å²) in [5, 5.41) is 14.2. The van der Waals surface area contributed by atoms with E-state index in [1.54, 1.807) is 14.2 Å². The van der Waals surface area contributed by atoms with Crippen LogP contribution < -0.4 is 9.47 Å². The number of hydrogen-bond donors (Lipinski definition) is 1. The van der Waals surface area contributed by atoms with E-state index in [9.17, 15) is 5.11 Å². The zero-order chi connectivity index (χ0) is 18.5. The molecule has 26 heavy (non-hydrogen) atoms. The predicted molar refractivity (Wildman–Crippen MR) is 97.4 cm³/mol. The molecule has 7 nitrogen and oxygen atoms in total. The minimum absolute atomic E-state index is 0.0380. The summed E-state index contributed by atoms with van der Waals surface area (Å²) in [4.78, 5) is 2.32. The molecule has 0 unspecified atom stereocenters. The number of aromatic nitrogens is 2. The van der Waals surface area contributed by atoms with Gasteiger partial charge in [-0.3, -0.25) is 9.58 Å². The van der Waals surface area contributed by atoms with Gasteiger partial charge in [-0.15, -0.1) is 0 Å². The van der Waals surface area contributed by atoms with E-state index >= 15 is 0 Å². The average molecular weight is 361 g/mol. The fourth-order valence-electron chi connectivity index (χ4n) is 3.47. The van der Waals surface area contributed by atoms with E-state index in [1.807, 2.05) is 29.1 Å². The van der Waals surface area contributed by atoms with Gasteiger partial charge in [0.2, 0.25) is 0 Å². The largest absolute Gasteiger partial charge is 0.493 e. The molecule has 142 valence electrons. The van der Waals surface area contributed by atoms with Gasteiger partial charge in [-0.05, 0) is 24.6 Å². The first-order chi connectivity index (χ1) is 12.7. The number of aryl methyl sites for hydroxylation is 1. The molecular formula is C19H27N3O4. The lowest BCUT2D eigenvalue weighted by molar-refractivity contribution is -0.0961. The Hall–Kier alpha value is -2.09. The molecule has 1 aliphatic heterocycles. The molecule has 2 aromatic rings. The number of methoxy groups -OCH3 is 2. The summed E-state index contributed by atoms with van der Waals surface area (Å²) in [5.74, 6) is 1.36. The van der Waals surface area contributed by atoms with E-state index in [0.29, 0.717) is 18.1 Å². The summed E-state index contributed by atoms with van der Waals surface area (Å²) in [7, 11) is 3.24. The van der Waals surface area contributed by atoms with Crippen molar-refractivity contribution in [2.45, 2.75) is 32.2 Å². The van der Waals surface area contributed by atoms with Crippen molar-refractivity contribution < 1.29 is 19.3 Å². The first-order valence-electron chi connectivity index (χ1n) is 8.89. The summed E-state index contributed by atoms with van der Waals surface area (Å²) in [6.45, 7) is 5.01. The van der Waals surface area contributed by atoms with Crippen LogP contribution in [0.4, 0.5) is 0 Å². The smallest absolute Gasteiger partial charge is 0.161 e. The van der Waals surface area contributed by atoms with Crippen molar-refractivity contribution in [1.82, 2.24) is 14.7 Å². The van der Waals surface area contributed by atoms with Crippen molar-refractivity contribution in [3.63, 3.8) is 0 Å². The number of aliphatic hydroxyl groups is 1. The van der Waals surface area contributed by atoms with Crippen LogP contribution in [0.5, 0.6) is 11.5 Å². The maximum atomic E-state index is 9.85. The van der Waals surface area contributed by atoms with E-state index < -0.39 is 0 Å². The minimum Gasteiger partial charge on any atom is -0.493 e. The highest BCUT2D eigenvalue weighted by Gasteiger charge is 2.34. The Bertz CT molecular complexity index is 719. The van der Waals surface area contributed by atoms with E-state index in [2.05, 4.69) is 23.1 Å². The van der Waals surface area contributed by atoms with Crippen LogP contribution in [-0.2, 0) is 17.8 Å². The Kier molecular flexibility index (Phi) is 6.13. The van der Waals surface area contributed by atoms with E-state index in [1.165, 1.54) is 0 Å². The minimum atomic E-state index is -0.289. The summed E-state index contributed by atoms with van der Waals surface area (Å²) < 4.78 is 18.5. The molecule has 1 saturated heterocycles. The van der Waals surface area contributed by atoms with Crippen molar-refractivity contribution >= 4 is 0 Å². The molecule has 1 aromatic heterocycles. The third kappa shape index (κ3) is 3.85. The molecule has 1 aromatic carbocycles. The number of ether oxygens (including phenoxy) is 3. The van der Waals surface area contributed by atoms with Gasteiger partial charge >= 0.3 is 0 Å². The number of morpholine rings is 1. The number of aliphatic hydroxyl groups excluding tert-OH is 1. The van der Waals surface area contributed by atoms with Gasteiger partial charge in [0.1, 0.15) is 6.10 Å². The maximum Gasteiger partial charge on any atom is 0.161 e. The summed E-state index contributed by atoms with van der Waals surface area (Å²) in [6.07, 6.45) is 3.68. The predicted octanol–water partition coefficient (Wildman–Crippen LogP) is 1.85. The zero-order valence-electron chi connectivity index (χ0n) is 15.6. The molecule has 2 heterocycles. The first kappa shape index (κ1) is 18.7. The van der Waals surface area contributed by atoms with Crippen LogP contribution in [0.1, 0.15) is 24.1 Å². The highest BCUT2D eigenvalue weighted by molar-refractivity contribution is 5.44. The van der Waals surface area contributed by atoms with Gasteiger partial charge < -0.3 is 19.3 Å². The number of hydrogen-bond acceptors (Lipinski definition) is 6. The monoisotopic (exact) mass is 361 g/mol. The van der Waals surface area contributed by atoms with E-state index in [-0.39, 0.29) is 18.8 Å². The van der Waals surface area contributed by atoms with Crippen LogP contribution in [0.25, 0.3) is 0 Å². The van der Waals surface area contributed by atoms with Crippen molar-refractivity contribution in [3.05, 3.63) is 41.7 Å². The normalized spacial score (nSPS) is 20.9. The highest BCUT2D eigenvalue weighted by Crippen LogP contribution is 2.36. The second-order valence-corrected chi connectivity index (χ2v) is 6.33. The van der Waals surface area contributed by atoms with Crippen LogP contribution in [-0.4, -0.2) is 59.9 Å². The lowest BCUT2D eigenvalue weighted by Gasteiger charge is -2.40. The average Bonchev–Trinajstić information content (AvgIpc) is 3.14. The van der Waals surface area contributed by atoms with Crippen molar-refractivity contribution in [2.75, 3.05) is 34.0 Å². The lowest BCUT2D eigenvalue weighted by atomic mass is 9.97. The summed E-state index contributed by atoms with van der Waals surface area (Å²) in [6, 6.07) is 5.79. The maximum absolute atomic E-state index is 9.85. The Labute approximate surface area is 154 Å². The van der Waals surface area contributed by atoms with Gasteiger partial charge in [-0.25, -0.2) is 0 Å². The summed E-state index contributed by atoms with van der Waals surface area (Å²) >= 11 is 0. The molecule has 7 heteroatoms. The molecular weight excluding hydrogens is 334 g/mol. The van der Waals surface area contributed by atoms with Gasteiger partial charge in [0.15, 0.2) is 11.5 Å². The molecule has 0 radical (unpaired) electrons. The molecule has 0 aliphatic carbocycles. The molecule has 2 atom stereocenters. The Balaban J connectivity index is 1.90. The third-order valence-electron chi connectivity index (χ3n) is 4.78. The molecule has 1 fully saturated rings. The molecule has 0 amide bonds. The van der Waals surface area contributed by atoms with Gasteiger partial charge in [-0.2, -0.15) is 5.10 Å². The van der Waals surface area contributed by atoms with Crippen molar-refractivity contribution in [3.8, 4) is 11.5 Å². The van der Waals surface area contributed by atoms with Crippen LogP contribution in [0.3, 0.4) is 0 Å². The van der Waals surface area contributed by atoms with E-state index in [0.717, 1.165) is 30.8 Å².